The van der Waals surface area contributed by atoms with Crippen molar-refractivity contribution in [2.75, 3.05) is 21.3 Å². The minimum Gasteiger partial charge on any atom is -0.496 e. The molecule has 0 saturated carbocycles. The van der Waals surface area contributed by atoms with Gasteiger partial charge in [0, 0.05) is 31.3 Å². The second-order valence-electron chi connectivity index (χ2n) is 4.82. The molecule has 0 fully saturated rings. The maximum atomic E-state index is 12.4. The van der Waals surface area contributed by atoms with E-state index < -0.39 is 0 Å². The lowest BCUT2D eigenvalue weighted by Crippen LogP contribution is -2.26. The minimum atomic E-state index is -0.218. The first-order valence-corrected chi connectivity index (χ1v) is 7.08. The lowest BCUT2D eigenvalue weighted by Gasteiger charge is -2.18. The van der Waals surface area contributed by atoms with Crippen molar-refractivity contribution in [1.82, 2.24) is 4.90 Å². The van der Waals surface area contributed by atoms with Crippen LogP contribution in [0.15, 0.2) is 34.7 Å². The van der Waals surface area contributed by atoms with Crippen molar-refractivity contribution in [2.24, 2.45) is 0 Å². The Hall–Kier alpha value is -1.98. The number of rotatable bonds is 6. The summed E-state index contributed by atoms with van der Waals surface area (Å²) in [5.41, 5.74) is 0.828. The van der Waals surface area contributed by atoms with Crippen LogP contribution in [0, 0.1) is 0 Å². The molecule has 2 aromatic rings. The van der Waals surface area contributed by atoms with Gasteiger partial charge < -0.3 is 18.8 Å². The van der Waals surface area contributed by atoms with Crippen molar-refractivity contribution in [3.05, 3.63) is 52.4 Å². The fourth-order valence-corrected chi connectivity index (χ4v) is 2.29. The number of furan rings is 1. The number of nitrogens with zero attached hydrogens (tertiary/aromatic N) is 1. The van der Waals surface area contributed by atoms with Crippen molar-refractivity contribution in [3.8, 4) is 5.75 Å². The fourth-order valence-electron chi connectivity index (χ4n) is 2.10. The largest absolute Gasteiger partial charge is 0.496 e. The van der Waals surface area contributed by atoms with Crippen molar-refractivity contribution in [1.29, 1.82) is 0 Å². The number of halogens is 1. The molecule has 0 unspecified atom stereocenters. The van der Waals surface area contributed by atoms with Gasteiger partial charge in [0.1, 0.15) is 18.1 Å². The molecule has 1 heterocycles. The van der Waals surface area contributed by atoms with Gasteiger partial charge in [-0.15, -0.1) is 0 Å². The van der Waals surface area contributed by atoms with Gasteiger partial charge in [0.05, 0.1) is 7.11 Å². The van der Waals surface area contributed by atoms with Crippen LogP contribution in [0.5, 0.6) is 5.75 Å². The second-order valence-corrected chi connectivity index (χ2v) is 5.25. The van der Waals surface area contributed by atoms with E-state index in [2.05, 4.69) is 0 Å². The van der Waals surface area contributed by atoms with Gasteiger partial charge in [-0.05, 0) is 30.3 Å². The number of hydrogen-bond donors (Lipinski definition) is 0. The predicted octanol–water partition coefficient (Wildman–Crippen LogP) is 3.36. The van der Waals surface area contributed by atoms with E-state index in [1.807, 2.05) is 0 Å². The van der Waals surface area contributed by atoms with Crippen LogP contribution in [-0.4, -0.2) is 32.1 Å². The van der Waals surface area contributed by atoms with E-state index in [1.54, 1.807) is 56.5 Å². The maximum absolute atomic E-state index is 12.4. The van der Waals surface area contributed by atoms with Crippen molar-refractivity contribution < 1.29 is 18.7 Å². The summed E-state index contributed by atoms with van der Waals surface area (Å²) in [7, 11) is 4.85. The number of hydrogen-bond acceptors (Lipinski definition) is 4. The zero-order valence-corrected chi connectivity index (χ0v) is 13.5. The van der Waals surface area contributed by atoms with Crippen LogP contribution in [-0.2, 0) is 17.9 Å². The van der Waals surface area contributed by atoms with Crippen LogP contribution in [0.25, 0.3) is 0 Å². The van der Waals surface area contributed by atoms with Crippen LogP contribution in [0.1, 0.15) is 21.9 Å². The van der Waals surface area contributed by atoms with Gasteiger partial charge in [0.2, 0.25) is 0 Å². The van der Waals surface area contributed by atoms with Crippen molar-refractivity contribution in [3.63, 3.8) is 0 Å². The summed E-state index contributed by atoms with van der Waals surface area (Å²) in [6, 6.07) is 8.67. The molecule has 1 aromatic carbocycles. The van der Waals surface area contributed by atoms with E-state index in [0.717, 1.165) is 5.56 Å². The average Bonchev–Trinajstić information content (AvgIpc) is 2.95. The quantitative estimate of drug-likeness (QED) is 0.818. The zero-order chi connectivity index (χ0) is 16.1. The standard InChI is InChI=1S/C16H18ClNO4/c1-18(9-11-8-12(17)4-6-14(11)21-3)16(19)15-7-5-13(22-15)10-20-2/h4-8H,9-10H2,1-3H3. The number of methoxy groups -OCH3 is 2. The molecular formula is C16H18ClNO4. The van der Waals surface area contributed by atoms with Crippen LogP contribution < -0.4 is 4.74 Å². The van der Waals surface area contributed by atoms with E-state index in [0.29, 0.717) is 29.7 Å². The molecule has 1 aromatic heterocycles. The summed E-state index contributed by atoms with van der Waals surface area (Å²) in [5.74, 6) is 1.35. The molecule has 0 N–H and O–H groups in total. The Morgan fingerprint density at radius 3 is 2.73 bits per heavy atom. The van der Waals surface area contributed by atoms with Crippen LogP contribution in [0.3, 0.4) is 0 Å². The summed E-state index contributed by atoms with van der Waals surface area (Å²) in [6.07, 6.45) is 0. The van der Waals surface area contributed by atoms with Gasteiger partial charge in [-0.1, -0.05) is 11.6 Å². The molecule has 0 bridgehead atoms. The summed E-state index contributed by atoms with van der Waals surface area (Å²) >= 11 is 6.00. The number of carbonyl (C=O) groups excluding carboxylic acids is 1. The highest BCUT2D eigenvalue weighted by Crippen LogP contribution is 2.24. The first-order chi connectivity index (χ1) is 10.5. The van der Waals surface area contributed by atoms with Gasteiger partial charge in [-0.25, -0.2) is 0 Å². The summed E-state index contributed by atoms with van der Waals surface area (Å²) in [4.78, 5) is 13.9. The van der Waals surface area contributed by atoms with Crippen LogP contribution in [0.2, 0.25) is 5.02 Å². The second kappa shape index (κ2) is 7.33. The topological polar surface area (TPSA) is 51.9 Å². The van der Waals surface area contributed by atoms with Crippen molar-refractivity contribution >= 4 is 17.5 Å². The molecule has 5 nitrogen and oxygen atoms in total. The summed E-state index contributed by atoms with van der Waals surface area (Å²) < 4.78 is 15.7. The molecule has 6 heteroatoms. The highest BCUT2D eigenvalue weighted by atomic mass is 35.5. The Labute approximate surface area is 134 Å². The molecule has 0 radical (unpaired) electrons. The van der Waals surface area contributed by atoms with E-state index in [1.165, 1.54) is 0 Å². The SMILES string of the molecule is COCc1ccc(C(=O)N(C)Cc2cc(Cl)ccc2OC)o1. The van der Waals surface area contributed by atoms with E-state index in [-0.39, 0.29) is 11.7 Å². The first-order valence-electron chi connectivity index (χ1n) is 6.70. The third-order valence-corrected chi connectivity index (χ3v) is 3.39. The molecule has 0 atom stereocenters. The minimum absolute atomic E-state index is 0.218. The summed E-state index contributed by atoms with van der Waals surface area (Å²) in [6.45, 7) is 0.696. The lowest BCUT2D eigenvalue weighted by molar-refractivity contribution is 0.0744. The fraction of sp³-hybridized carbons (Fsp3) is 0.312. The molecule has 1 amide bonds. The first kappa shape index (κ1) is 16.4. The molecule has 2 rings (SSSR count). The van der Waals surface area contributed by atoms with Gasteiger partial charge in [-0.2, -0.15) is 0 Å². The average molecular weight is 324 g/mol. The third-order valence-electron chi connectivity index (χ3n) is 3.16. The lowest BCUT2D eigenvalue weighted by atomic mass is 10.2. The van der Waals surface area contributed by atoms with E-state index >= 15 is 0 Å². The molecule has 0 saturated heterocycles. The van der Waals surface area contributed by atoms with Gasteiger partial charge in [0.15, 0.2) is 5.76 Å². The Morgan fingerprint density at radius 2 is 2.05 bits per heavy atom. The normalized spacial score (nSPS) is 10.5. The third kappa shape index (κ3) is 3.81. The molecule has 22 heavy (non-hydrogen) atoms. The molecule has 0 aliphatic rings. The van der Waals surface area contributed by atoms with E-state index in [9.17, 15) is 4.79 Å². The Balaban J connectivity index is 2.12. The monoisotopic (exact) mass is 323 g/mol. The van der Waals surface area contributed by atoms with Crippen LogP contribution >= 0.6 is 11.6 Å². The molecule has 118 valence electrons. The van der Waals surface area contributed by atoms with Crippen molar-refractivity contribution in [2.45, 2.75) is 13.2 Å². The molecular weight excluding hydrogens is 306 g/mol. The Bertz CT molecular complexity index is 653. The number of ether oxygens (including phenoxy) is 2. The number of benzene rings is 1. The maximum Gasteiger partial charge on any atom is 0.289 e. The van der Waals surface area contributed by atoms with Gasteiger partial charge >= 0.3 is 0 Å². The van der Waals surface area contributed by atoms with Crippen LogP contribution in [0.4, 0.5) is 0 Å². The number of amides is 1. The highest BCUT2D eigenvalue weighted by molar-refractivity contribution is 6.30. The predicted molar refractivity (Wildman–Crippen MR) is 83.2 cm³/mol. The smallest absolute Gasteiger partial charge is 0.289 e. The number of carbonyl (C=O) groups is 1. The van der Waals surface area contributed by atoms with Gasteiger partial charge in [0.25, 0.3) is 5.91 Å². The molecule has 0 aliphatic heterocycles. The summed E-state index contributed by atoms with van der Waals surface area (Å²) in [5, 5.41) is 0.594. The highest BCUT2D eigenvalue weighted by Gasteiger charge is 2.18. The molecule has 0 spiro atoms. The van der Waals surface area contributed by atoms with Gasteiger partial charge in [-0.3, -0.25) is 4.79 Å². The molecule has 0 aliphatic carbocycles. The van der Waals surface area contributed by atoms with E-state index in [4.69, 9.17) is 25.5 Å². The Morgan fingerprint density at radius 1 is 1.27 bits per heavy atom. The zero-order valence-electron chi connectivity index (χ0n) is 12.8. The Kier molecular flexibility index (Phi) is 5.46.